The Morgan fingerprint density at radius 2 is 2.06 bits per heavy atom. The van der Waals surface area contributed by atoms with Gasteiger partial charge in [-0.15, -0.1) is 0 Å². The zero-order chi connectivity index (χ0) is 12.7. The first-order chi connectivity index (χ1) is 8.11. The molecule has 1 fully saturated rings. The normalized spacial score (nSPS) is 17.1. The van der Waals surface area contributed by atoms with Crippen LogP contribution in [0.2, 0.25) is 0 Å². The van der Waals surface area contributed by atoms with Gasteiger partial charge in [0.15, 0.2) is 0 Å². The van der Waals surface area contributed by atoms with Crippen molar-refractivity contribution in [1.82, 2.24) is 16.0 Å². The van der Waals surface area contributed by atoms with Crippen LogP contribution in [-0.4, -0.2) is 37.5 Å². The van der Waals surface area contributed by atoms with Crippen LogP contribution in [-0.2, 0) is 9.59 Å². The molecule has 1 aliphatic rings. The van der Waals surface area contributed by atoms with E-state index in [2.05, 4.69) is 16.0 Å². The fraction of sp³-hybridized carbons (Fsp3) is 0.833. The summed E-state index contributed by atoms with van der Waals surface area (Å²) >= 11 is 0. The fourth-order valence-electron chi connectivity index (χ4n) is 1.59. The smallest absolute Gasteiger partial charge is 0.221 e. The molecule has 2 amide bonds. The monoisotopic (exact) mass is 241 g/mol. The molecule has 0 aliphatic carbocycles. The van der Waals surface area contributed by atoms with Crippen molar-refractivity contribution in [2.45, 2.75) is 39.2 Å². The van der Waals surface area contributed by atoms with Crippen LogP contribution in [0.25, 0.3) is 0 Å². The van der Waals surface area contributed by atoms with E-state index < -0.39 is 0 Å². The average Bonchev–Trinajstić information content (AvgIpc) is 2.23. The topological polar surface area (TPSA) is 70.2 Å². The highest BCUT2D eigenvalue weighted by atomic mass is 16.2. The molecule has 5 heteroatoms. The molecule has 0 radical (unpaired) electrons. The summed E-state index contributed by atoms with van der Waals surface area (Å²) in [4.78, 5) is 22.8. The number of rotatable bonds is 7. The second kappa shape index (κ2) is 7.27. The maximum Gasteiger partial charge on any atom is 0.221 e. The van der Waals surface area contributed by atoms with E-state index in [0.29, 0.717) is 25.3 Å². The van der Waals surface area contributed by atoms with Crippen LogP contribution in [0, 0.1) is 5.92 Å². The average molecular weight is 241 g/mol. The van der Waals surface area contributed by atoms with Gasteiger partial charge in [0.2, 0.25) is 11.8 Å². The molecule has 0 aromatic rings. The van der Waals surface area contributed by atoms with Gasteiger partial charge in [-0.05, 0) is 32.4 Å². The largest absolute Gasteiger partial charge is 0.356 e. The lowest BCUT2D eigenvalue weighted by Gasteiger charge is -2.26. The molecule has 98 valence electrons. The van der Waals surface area contributed by atoms with Crippen LogP contribution in [0.4, 0.5) is 0 Å². The Hall–Kier alpha value is -1.10. The zero-order valence-corrected chi connectivity index (χ0v) is 10.7. The highest BCUT2D eigenvalue weighted by molar-refractivity contribution is 5.79. The van der Waals surface area contributed by atoms with Gasteiger partial charge < -0.3 is 16.0 Å². The lowest BCUT2D eigenvalue weighted by molar-refractivity contribution is -0.123. The molecule has 3 N–H and O–H groups in total. The van der Waals surface area contributed by atoms with E-state index >= 15 is 0 Å². The predicted octanol–water partition coefficient (Wildman–Crippen LogP) is 0.0169. The van der Waals surface area contributed by atoms with Crippen LogP contribution in [0.5, 0.6) is 0 Å². The number of nitrogens with one attached hydrogen (secondary N) is 3. The number of hydrogen-bond acceptors (Lipinski definition) is 3. The molecule has 0 spiro atoms. The first kappa shape index (κ1) is 14.0. The maximum absolute atomic E-state index is 11.4. The third kappa shape index (κ3) is 5.68. The van der Waals surface area contributed by atoms with Crippen molar-refractivity contribution in [2.75, 3.05) is 19.6 Å². The Morgan fingerprint density at radius 3 is 2.59 bits per heavy atom. The van der Waals surface area contributed by atoms with Gasteiger partial charge in [-0.2, -0.15) is 0 Å². The van der Waals surface area contributed by atoms with Crippen LogP contribution < -0.4 is 16.0 Å². The predicted molar refractivity (Wildman–Crippen MR) is 66.5 cm³/mol. The summed E-state index contributed by atoms with van der Waals surface area (Å²) in [7, 11) is 0. The Balaban J connectivity index is 2.01. The summed E-state index contributed by atoms with van der Waals surface area (Å²) in [6, 6.07) is 0.208. The molecular formula is C12H23N3O2. The van der Waals surface area contributed by atoms with Gasteiger partial charge in [0.1, 0.15) is 0 Å². The molecule has 0 aromatic carbocycles. The van der Waals surface area contributed by atoms with Crippen molar-refractivity contribution < 1.29 is 9.59 Å². The molecule has 0 aromatic heterocycles. The van der Waals surface area contributed by atoms with Gasteiger partial charge in [0, 0.05) is 25.4 Å². The maximum atomic E-state index is 11.4. The number of amides is 2. The van der Waals surface area contributed by atoms with Gasteiger partial charge in [-0.1, -0.05) is 6.92 Å². The van der Waals surface area contributed by atoms with Crippen molar-refractivity contribution in [3.8, 4) is 0 Å². The minimum atomic E-state index is 0.00459. The molecule has 1 aliphatic heterocycles. The third-order valence-electron chi connectivity index (χ3n) is 3.03. The molecule has 1 atom stereocenters. The van der Waals surface area contributed by atoms with E-state index in [1.807, 2.05) is 13.8 Å². The molecular weight excluding hydrogens is 218 g/mol. The summed E-state index contributed by atoms with van der Waals surface area (Å²) in [6.45, 7) is 6.30. The first-order valence-electron chi connectivity index (χ1n) is 6.38. The molecule has 0 bridgehead atoms. The SMILES string of the molecule is CCC(C)NC(=O)CCNC(=O)CC1CNC1. The van der Waals surface area contributed by atoms with Gasteiger partial charge in [0.25, 0.3) is 0 Å². The minimum absolute atomic E-state index is 0.00459. The lowest BCUT2D eigenvalue weighted by Crippen LogP contribution is -2.44. The number of carbonyl (C=O) groups excluding carboxylic acids is 2. The van der Waals surface area contributed by atoms with Crippen LogP contribution >= 0.6 is 0 Å². The van der Waals surface area contributed by atoms with Gasteiger partial charge >= 0.3 is 0 Å². The molecule has 1 heterocycles. The summed E-state index contributed by atoms with van der Waals surface area (Å²) in [5.74, 6) is 0.529. The Labute approximate surface area is 103 Å². The van der Waals surface area contributed by atoms with Crippen molar-refractivity contribution in [2.24, 2.45) is 5.92 Å². The van der Waals surface area contributed by atoms with E-state index in [4.69, 9.17) is 0 Å². The highest BCUT2D eigenvalue weighted by Gasteiger charge is 2.19. The Morgan fingerprint density at radius 1 is 1.35 bits per heavy atom. The van der Waals surface area contributed by atoms with Crippen molar-refractivity contribution in [3.63, 3.8) is 0 Å². The van der Waals surface area contributed by atoms with E-state index in [1.54, 1.807) is 0 Å². The van der Waals surface area contributed by atoms with E-state index in [1.165, 1.54) is 0 Å². The fourth-order valence-corrected chi connectivity index (χ4v) is 1.59. The second-order valence-electron chi connectivity index (χ2n) is 4.71. The molecule has 0 saturated carbocycles. The quantitative estimate of drug-likeness (QED) is 0.588. The summed E-state index contributed by atoms with van der Waals surface area (Å²) in [5, 5.41) is 8.77. The Bertz CT molecular complexity index is 246. The molecule has 1 saturated heterocycles. The molecule has 1 unspecified atom stereocenters. The van der Waals surface area contributed by atoms with Crippen molar-refractivity contribution >= 4 is 11.8 Å². The summed E-state index contributed by atoms with van der Waals surface area (Å²) in [6.07, 6.45) is 1.85. The Kier molecular flexibility index (Phi) is 5.97. The van der Waals surface area contributed by atoms with Crippen molar-refractivity contribution in [3.05, 3.63) is 0 Å². The van der Waals surface area contributed by atoms with E-state index in [9.17, 15) is 9.59 Å². The summed E-state index contributed by atoms with van der Waals surface area (Å²) < 4.78 is 0. The van der Waals surface area contributed by atoms with Crippen LogP contribution in [0.1, 0.15) is 33.1 Å². The number of carbonyl (C=O) groups is 2. The van der Waals surface area contributed by atoms with Crippen LogP contribution in [0.3, 0.4) is 0 Å². The summed E-state index contributed by atoms with van der Waals surface area (Å²) in [5.41, 5.74) is 0. The van der Waals surface area contributed by atoms with Gasteiger partial charge in [-0.3, -0.25) is 9.59 Å². The standard InChI is InChI=1S/C12H23N3O2/c1-3-9(2)15-11(16)4-5-14-12(17)6-10-7-13-8-10/h9-10,13H,3-8H2,1-2H3,(H,14,17)(H,15,16). The van der Waals surface area contributed by atoms with E-state index in [-0.39, 0.29) is 17.9 Å². The molecule has 17 heavy (non-hydrogen) atoms. The second-order valence-corrected chi connectivity index (χ2v) is 4.71. The van der Waals surface area contributed by atoms with Gasteiger partial charge in [0.05, 0.1) is 0 Å². The molecule has 1 rings (SSSR count). The lowest BCUT2D eigenvalue weighted by atomic mass is 9.99. The van der Waals surface area contributed by atoms with E-state index in [0.717, 1.165) is 19.5 Å². The van der Waals surface area contributed by atoms with Crippen LogP contribution in [0.15, 0.2) is 0 Å². The van der Waals surface area contributed by atoms with Crippen molar-refractivity contribution in [1.29, 1.82) is 0 Å². The minimum Gasteiger partial charge on any atom is -0.356 e. The molecule has 5 nitrogen and oxygen atoms in total. The number of hydrogen-bond donors (Lipinski definition) is 3. The first-order valence-corrected chi connectivity index (χ1v) is 6.38. The third-order valence-corrected chi connectivity index (χ3v) is 3.03. The zero-order valence-electron chi connectivity index (χ0n) is 10.7. The van der Waals surface area contributed by atoms with Gasteiger partial charge in [-0.25, -0.2) is 0 Å². The highest BCUT2D eigenvalue weighted by Crippen LogP contribution is 2.07.